The molecule has 0 aliphatic carbocycles. The second-order valence-corrected chi connectivity index (χ2v) is 5.73. The number of carboxylic acid groups (broad SMARTS) is 1. The monoisotopic (exact) mass is 343 g/mol. The molecule has 122 valence electrons. The van der Waals surface area contributed by atoms with E-state index in [1.807, 2.05) is 0 Å². The topological polar surface area (TPSA) is 79.4 Å². The lowest BCUT2D eigenvalue weighted by molar-refractivity contribution is -0.136. The van der Waals surface area contributed by atoms with E-state index in [1.165, 1.54) is 7.11 Å². The van der Waals surface area contributed by atoms with E-state index >= 15 is 0 Å². The predicted octanol–water partition coefficient (Wildman–Crippen LogP) is 3.69. The number of halogens is 1. The summed E-state index contributed by atoms with van der Waals surface area (Å²) in [6, 6.07) is 11.7. The van der Waals surface area contributed by atoms with Crippen molar-refractivity contribution in [2.24, 2.45) is 0 Å². The highest BCUT2D eigenvalue weighted by Crippen LogP contribution is 2.28. The maximum atomic E-state index is 12.8. The van der Waals surface area contributed by atoms with Crippen molar-refractivity contribution in [1.29, 1.82) is 0 Å². The highest BCUT2D eigenvalue weighted by molar-refractivity contribution is 6.30. The molecule has 0 spiro atoms. The Morgan fingerprint density at radius 2 is 1.88 bits per heavy atom. The number of rotatable bonds is 5. The Bertz CT molecular complexity index is 928. The van der Waals surface area contributed by atoms with Gasteiger partial charge in [-0.25, -0.2) is 0 Å². The molecule has 0 aliphatic heterocycles. The molecule has 6 heteroatoms. The number of H-pyrrole nitrogens is 1. The second kappa shape index (κ2) is 6.37. The van der Waals surface area contributed by atoms with Gasteiger partial charge in [0.05, 0.1) is 19.2 Å². The number of ketones is 1. The average molecular weight is 344 g/mol. The van der Waals surface area contributed by atoms with Gasteiger partial charge in [0, 0.05) is 27.1 Å². The summed E-state index contributed by atoms with van der Waals surface area (Å²) in [5.74, 6) is -0.694. The van der Waals surface area contributed by atoms with Crippen LogP contribution in [0.3, 0.4) is 0 Å². The fourth-order valence-corrected chi connectivity index (χ4v) is 2.75. The Kier molecular flexibility index (Phi) is 4.27. The molecule has 2 N–H and O–H groups in total. The van der Waals surface area contributed by atoms with E-state index in [0.717, 1.165) is 0 Å². The predicted molar refractivity (Wildman–Crippen MR) is 91.1 cm³/mol. The summed E-state index contributed by atoms with van der Waals surface area (Å²) < 4.78 is 5.19. The van der Waals surface area contributed by atoms with E-state index < -0.39 is 5.97 Å². The molecule has 0 unspecified atom stereocenters. The number of carbonyl (C=O) groups is 2. The number of nitrogens with one attached hydrogen (secondary N) is 1. The fourth-order valence-electron chi connectivity index (χ4n) is 2.63. The summed E-state index contributed by atoms with van der Waals surface area (Å²) in [6.45, 7) is 0. The van der Waals surface area contributed by atoms with Gasteiger partial charge >= 0.3 is 5.97 Å². The van der Waals surface area contributed by atoms with E-state index in [0.29, 0.717) is 32.8 Å². The molecule has 5 nitrogen and oxygen atoms in total. The smallest absolute Gasteiger partial charge is 0.307 e. The molecule has 0 radical (unpaired) electrons. The number of aromatic nitrogens is 1. The summed E-state index contributed by atoms with van der Waals surface area (Å²) in [4.78, 5) is 27.1. The first-order valence-corrected chi connectivity index (χ1v) is 7.58. The minimum absolute atomic E-state index is 0.262. The van der Waals surface area contributed by atoms with Crippen LogP contribution in [0.1, 0.15) is 21.6 Å². The van der Waals surface area contributed by atoms with Crippen LogP contribution < -0.4 is 4.74 Å². The zero-order chi connectivity index (χ0) is 17.3. The first-order chi connectivity index (χ1) is 11.5. The van der Waals surface area contributed by atoms with Crippen LogP contribution in [0.2, 0.25) is 5.02 Å². The van der Waals surface area contributed by atoms with Crippen LogP contribution in [0.15, 0.2) is 42.5 Å². The van der Waals surface area contributed by atoms with Crippen molar-refractivity contribution in [1.82, 2.24) is 4.98 Å². The minimum Gasteiger partial charge on any atom is -0.497 e. The standard InChI is InChI=1S/C18H14ClNO4/c1-24-12-6-7-15-13(8-12)14(9-16(21)22)17(20-15)18(23)10-2-4-11(19)5-3-10/h2-8,20H,9H2,1H3,(H,21,22). The van der Waals surface area contributed by atoms with Crippen molar-refractivity contribution in [3.05, 3.63) is 64.3 Å². The molecule has 2 aromatic carbocycles. The Hall–Kier alpha value is -2.79. The Morgan fingerprint density at radius 1 is 1.17 bits per heavy atom. The highest BCUT2D eigenvalue weighted by atomic mass is 35.5. The maximum absolute atomic E-state index is 12.8. The van der Waals surface area contributed by atoms with E-state index in [-0.39, 0.29) is 17.9 Å². The number of aromatic amines is 1. The molecular weight excluding hydrogens is 330 g/mol. The number of methoxy groups -OCH3 is 1. The number of hydrogen-bond donors (Lipinski definition) is 2. The number of hydrogen-bond acceptors (Lipinski definition) is 3. The zero-order valence-electron chi connectivity index (χ0n) is 12.8. The third-order valence-electron chi connectivity index (χ3n) is 3.77. The van der Waals surface area contributed by atoms with Crippen LogP contribution >= 0.6 is 11.6 Å². The van der Waals surface area contributed by atoms with Gasteiger partial charge in [0.2, 0.25) is 5.78 Å². The van der Waals surface area contributed by atoms with Gasteiger partial charge in [-0.05, 0) is 42.5 Å². The summed E-state index contributed by atoms with van der Waals surface area (Å²) in [5.41, 5.74) is 1.83. The third kappa shape index (κ3) is 2.98. The lowest BCUT2D eigenvalue weighted by atomic mass is 10.0. The molecule has 1 aromatic heterocycles. The lowest BCUT2D eigenvalue weighted by Gasteiger charge is -2.03. The number of ether oxygens (including phenoxy) is 1. The molecule has 0 saturated carbocycles. The maximum Gasteiger partial charge on any atom is 0.307 e. The van der Waals surface area contributed by atoms with Crippen molar-refractivity contribution in [2.75, 3.05) is 7.11 Å². The van der Waals surface area contributed by atoms with Gasteiger partial charge in [-0.2, -0.15) is 0 Å². The molecule has 0 fully saturated rings. The van der Waals surface area contributed by atoms with Crippen LogP contribution in [0.5, 0.6) is 5.75 Å². The first kappa shape index (κ1) is 16.1. The highest BCUT2D eigenvalue weighted by Gasteiger charge is 2.21. The summed E-state index contributed by atoms with van der Waals surface area (Å²) in [6.07, 6.45) is -0.262. The number of benzene rings is 2. The Balaban J connectivity index is 2.16. The fraction of sp³-hybridized carbons (Fsp3) is 0.111. The third-order valence-corrected chi connectivity index (χ3v) is 4.03. The quantitative estimate of drug-likeness (QED) is 0.692. The van der Waals surface area contributed by atoms with Gasteiger partial charge in [0.15, 0.2) is 0 Å². The molecule has 1 heterocycles. The zero-order valence-corrected chi connectivity index (χ0v) is 13.6. The van der Waals surface area contributed by atoms with Crippen LogP contribution in [-0.4, -0.2) is 29.0 Å². The van der Waals surface area contributed by atoms with E-state index in [4.69, 9.17) is 16.3 Å². The lowest BCUT2D eigenvalue weighted by Crippen LogP contribution is -2.08. The normalized spacial score (nSPS) is 10.8. The van der Waals surface area contributed by atoms with E-state index in [2.05, 4.69) is 4.98 Å². The van der Waals surface area contributed by atoms with Gasteiger partial charge in [-0.1, -0.05) is 11.6 Å². The average Bonchev–Trinajstić information content (AvgIpc) is 2.92. The molecule has 0 amide bonds. The largest absolute Gasteiger partial charge is 0.497 e. The molecule has 0 bridgehead atoms. The molecule has 0 aliphatic rings. The first-order valence-electron chi connectivity index (χ1n) is 7.20. The SMILES string of the molecule is COc1ccc2[nH]c(C(=O)c3ccc(Cl)cc3)c(CC(=O)O)c2c1. The van der Waals surface area contributed by atoms with Crippen molar-refractivity contribution < 1.29 is 19.4 Å². The van der Waals surface area contributed by atoms with Crippen LogP contribution in [0, 0.1) is 0 Å². The van der Waals surface area contributed by atoms with Gasteiger partial charge in [0.1, 0.15) is 5.75 Å². The van der Waals surface area contributed by atoms with Crippen LogP contribution in [-0.2, 0) is 11.2 Å². The van der Waals surface area contributed by atoms with Crippen LogP contribution in [0.25, 0.3) is 10.9 Å². The van der Waals surface area contributed by atoms with Gasteiger partial charge in [-0.15, -0.1) is 0 Å². The Labute approximate surface area is 142 Å². The molecular formula is C18H14ClNO4. The van der Waals surface area contributed by atoms with E-state index in [1.54, 1.807) is 42.5 Å². The van der Waals surface area contributed by atoms with Crippen molar-refractivity contribution in [3.63, 3.8) is 0 Å². The van der Waals surface area contributed by atoms with E-state index in [9.17, 15) is 14.7 Å². The minimum atomic E-state index is -1.01. The number of carbonyl (C=O) groups excluding carboxylic acids is 1. The van der Waals surface area contributed by atoms with Crippen molar-refractivity contribution in [2.45, 2.75) is 6.42 Å². The molecule has 0 saturated heterocycles. The summed E-state index contributed by atoms with van der Waals surface area (Å²) >= 11 is 5.85. The molecule has 3 rings (SSSR count). The van der Waals surface area contributed by atoms with Gasteiger partial charge in [-0.3, -0.25) is 9.59 Å². The second-order valence-electron chi connectivity index (χ2n) is 5.30. The molecule has 24 heavy (non-hydrogen) atoms. The van der Waals surface area contributed by atoms with Gasteiger partial charge < -0.3 is 14.8 Å². The van der Waals surface area contributed by atoms with Crippen molar-refractivity contribution >= 4 is 34.3 Å². The number of carboxylic acids is 1. The van der Waals surface area contributed by atoms with Gasteiger partial charge in [0.25, 0.3) is 0 Å². The van der Waals surface area contributed by atoms with Crippen LogP contribution in [0.4, 0.5) is 0 Å². The summed E-state index contributed by atoms with van der Waals surface area (Å²) in [5, 5.41) is 10.4. The number of fused-ring (bicyclic) bond motifs is 1. The number of aliphatic carboxylic acids is 1. The molecule has 0 atom stereocenters. The Morgan fingerprint density at radius 3 is 2.50 bits per heavy atom. The molecule has 3 aromatic rings. The van der Waals surface area contributed by atoms with Crippen molar-refractivity contribution in [3.8, 4) is 5.75 Å². The summed E-state index contributed by atoms with van der Waals surface area (Å²) in [7, 11) is 1.53.